The van der Waals surface area contributed by atoms with Gasteiger partial charge in [0.15, 0.2) is 5.16 Å². The van der Waals surface area contributed by atoms with Crippen LogP contribution in [0.15, 0.2) is 52.5 Å². The molecular weight excluding hydrogens is 436 g/mol. The van der Waals surface area contributed by atoms with Gasteiger partial charge < -0.3 is 15.0 Å². The maximum atomic E-state index is 13.0. The Morgan fingerprint density at radius 3 is 2.71 bits per heavy atom. The Morgan fingerprint density at radius 2 is 1.97 bits per heavy atom. The molecule has 4 rings (SSSR count). The monoisotopic (exact) mass is 460 g/mol. The van der Waals surface area contributed by atoms with Gasteiger partial charge in [-0.05, 0) is 43.7 Å². The van der Waals surface area contributed by atoms with E-state index in [9.17, 15) is 13.2 Å². The first-order chi connectivity index (χ1) is 14.8. The molecule has 0 saturated carbocycles. The highest BCUT2D eigenvalue weighted by Gasteiger charge is 2.28. The maximum Gasteiger partial charge on any atom is 0.243 e. The van der Waals surface area contributed by atoms with Gasteiger partial charge in [-0.25, -0.2) is 13.4 Å². The normalized spacial score (nSPS) is 16.3. The number of imidazole rings is 1. The number of carbonyl (C=O) groups excluding carboxylic acids is 1. The van der Waals surface area contributed by atoms with Gasteiger partial charge in [0.2, 0.25) is 15.9 Å². The van der Waals surface area contributed by atoms with E-state index < -0.39 is 15.3 Å². The number of nitrogens with zero attached hydrogens (tertiary/aromatic N) is 2. The second-order valence-electron chi connectivity index (χ2n) is 7.31. The Morgan fingerprint density at radius 1 is 1.23 bits per heavy atom. The van der Waals surface area contributed by atoms with Crippen molar-refractivity contribution in [3.05, 3.63) is 48.0 Å². The summed E-state index contributed by atoms with van der Waals surface area (Å²) in [6.45, 7) is 4.94. The molecule has 31 heavy (non-hydrogen) atoms. The van der Waals surface area contributed by atoms with E-state index in [1.54, 1.807) is 26.0 Å². The highest BCUT2D eigenvalue weighted by molar-refractivity contribution is 8.00. The number of aromatic nitrogens is 2. The molecule has 1 aromatic heterocycles. The first kappa shape index (κ1) is 21.8. The van der Waals surface area contributed by atoms with Crippen LogP contribution in [0, 0.1) is 6.92 Å². The highest BCUT2D eigenvalue weighted by Crippen LogP contribution is 2.27. The Hall–Kier alpha value is -2.40. The number of amides is 1. The molecule has 1 fully saturated rings. The van der Waals surface area contributed by atoms with E-state index in [1.807, 2.05) is 24.3 Å². The third kappa shape index (κ3) is 4.77. The second kappa shape index (κ2) is 8.99. The van der Waals surface area contributed by atoms with Crippen LogP contribution in [0.1, 0.15) is 12.5 Å². The molecule has 3 aromatic rings. The van der Waals surface area contributed by atoms with Gasteiger partial charge in [-0.2, -0.15) is 4.31 Å². The lowest BCUT2D eigenvalue weighted by Gasteiger charge is -2.27. The van der Waals surface area contributed by atoms with Crippen molar-refractivity contribution in [3.63, 3.8) is 0 Å². The van der Waals surface area contributed by atoms with Gasteiger partial charge in [0.05, 0.1) is 34.4 Å². The SMILES string of the molecule is Cc1ccc(NC(=O)C(C)Sc2nc3ccccc3[nH]2)cc1S(=O)(=O)N1CCOCC1. The van der Waals surface area contributed by atoms with Crippen molar-refractivity contribution in [1.82, 2.24) is 14.3 Å². The predicted molar refractivity (Wildman–Crippen MR) is 121 cm³/mol. The molecule has 1 unspecified atom stereocenters. The molecule has 1 atom stereocenters. The first-order valence-electron chi connectivity index (χ1n) is 9.95. The molecule has 2 heterocycles. The van der Waals surface area contributed by atoms with Crippen LogP contribution in [0.5, 0.6) is 0 Å². The number of thioether (sulfide) groups is 1. The molecule has 10 heteroatoms. The molecule has 2 aromatic carbocycles. The maximum absolute atomic E-state index is 13.0. The van der Waals surface area contributed by atoms with Crippen molar-refractivity contribution in [2.45, 2.75) is 29.1 Å². The van der Waals surface area contributed by atoms with Gasteiger partial charge in [0, 0.05) is 18.8 Å². The number of anilines is 1. The topological polar surface area (TPSA) is 104 Å². The number of aromatic amines is 1. The summed E-state index contributed by atoms with van der Waals surface area (Å²) in [4.78, 5) is 20.6. The number of morpholine rings is 1. The molecule has 8 nitrogen and oxygen atoms in total. The van der Waals surface area contributed by atoms with Gasteiger partial charge in [0.1, 0.15) is 0 Å². The van der Waals surface area contributed by atoms with Crippen LogP contribution >= 0.6 is 11.8 Å². The number of para-hydroxylation sites is 2. The zero-order valence-electron chi connectivity index (χ0n) is 17.3. The third-order valence-corrected chi connectivity index (χ3v) is 8.09. The van der Waals surface area contributed by atoms with Crippen LogP contribution in [0.2, 0.25) is 0 Å². The molecule has 0 bridgehead atoms. The lowest BCUT2D eigenvalue weighted by Crippen LogP contribution is -2.40. The summed E-state index contributed by atoms with van der Waals surface area (Å²) in [5, 5.41) is 3.06. The number of hydrogen-bond acceptors (Lipinski definition) is 6. The van der Waals surface area contributed by atoms with Crippen molar-refractivity contribution in [2.24, 2.45) is 0 Å². The molecule has 0 aliphatic carbocycles. The Labute approximate surface area is 185 Å². The lowest BCUT2D eigenvalue weighted by molar-refractivity contribution is -0.115. The van der Waals surface area contributed by atoms with Gasteiger partial charge in [-0.1, -0.05) is 30.0 Å². The van der Waals surface area contributed by atoms with Crippen LogP contribution in [0.25, 0.3) is 11.0 Å². The highest BCUT2D eigenvalue weighted by atomic mass is 32.2. The second-order valence-corrected chi connectivity index (χ2v) is 10.5. The van der Waals surface area contributed by atoms with Crippen molar-refractivity contribution in [2.75, 3.05) is 31.6 Å². The standard InChI is InChI=1S/C21H24N4O4S2/c1-14-7-8-16(13-19(14)31(27,28)25-9-11-29-12-10-25)22-20(26)15(2)30-21-23-17-5-3-4-6-18(17)24-21/h3-8,13,15H,9-12H2,1-2H3,(H,22,26)(H,23,24). The minimum absolute atomic E-state index is 0.199. The number of rotatable bonds is 6. The number of fused-ring (bicyclic) bond motifs is 1. The molecular formula is C21H24N4O4S2. The van der Waals surface area contributed by atoms with Crippen LogP contribution in [-0.2, 0) is 19.6 Å². The summed E-state index contributed by atoms with van der Waals surface area (Å²) in [5.74, 6) is -0.232. The van der Waals surface area contributed by atoms with Crippen molar-refractivity contribution in [1.29, 1.82) is 0 Å². The fourth-order valence-electron chi connectivity index (χ4n) is 3.33. The number of carbonyl (C=O) groups is 1. The van der Waals surface area contributed by atoms with E-state index in [0.717, 1.165) is 11.0 Å². The minimum Gasteiger partial charge on any atom is -0.379 e. The fraction of sp³-hybridized carbons (Fsp3) is 0.333. The number of benzene rings is 2. The summed E-state index contributed by atoms with van der Waals surface area (Å²) in [5.41, 5.74) is 2.83. The fourth-order valence-corrected chi connectivity index (χ4v) is 5.81. The van der Waals surface area contributed by atoms with Crippen molar-refractivity contribution < 1.29 is 17.9 Å². The van der Waals surface area contributed by atoms with Crippen LogP contribution in [0.3, 0.4) is 0 Å². The zero-order chi connectivity index (χ0) is 22.0. The van der Waals surface area contributed by atoms with Gasteiger partial charge >= 0.3 is 0 Å². The summed E-state index contributed by atoms with van der Waals surface area (Å²) in [7, 11) is -3.65. The molecule has 1 amide bonds. The molecule has 0 spiro atoms. The molecule has 0 radical (unpaired) electrons. The van der Waals surface area contributed by atoms with Crippen LogP contribution < -0.4 is 5.32 Å². The predicted octanol–water partition coefficient (Wildman–Crippen LogP) is 3.01. The molecule has 164 valence electrons. The molecule has 1 aliphatic rings. The number of hydrogen-bond donors (Lipinski definition) is 2. The summed E-state index contributed by atoms with van der Waals surface area (Å²) >= 11 is 1.31. The van der Waals surface area contributed by atoms with Crippen molar-refractivity contribution in [3.8, 4) is 0 Å². The average molecular weight is 461 g/mol. The van der Waals surface area contributed by atoms with Gasteiger partial charge in [0.25, 0.3) is 0 Å². The van der Waals surface area contributed by atoms with Crippen LogP contribution in [-0.4, -0.2) is 60.2 Å². The van der Waals surface area contributed by atoms with E-state index in [1.165, 1.54) is 22.1 Å². The Balaban J connectivity index is 1.48. The molecule has 2 N–H and O–H groups in total. The number of sulfonamides is 1. The van der Waals surface area contributed by atoms with Gasteiger partial charge in [-0.15, -0.1) is 0 Å². The van der Waals surface area contributed by atoms with Crippen LogP contribution in [0.4, 0.5) is 5.69 Å². The smallest absolute Gasteiger partial charge is 0.243 e. The number of ether oxygens (including phenoxy) is 1. The van der Waals surface area contributed by atoms with E-state index in [4.69, 9.17) is 4.74 Å². The molecule has 1 saturated heterocycles. The number of H-pyrrole nitrogens is 1. The van der Waals surface area contributed by atoms with Crippen molar-refractivity contribution >= 4 is 44.4 Å². The lowest BCUT2D eigenvalue weighted by atomic mass is 10.2. The summed E-state index contributed by atoms with van der Waals surface area (Å²) in [6, 6.07) is 12.6. The Bertz CT molecular complexity index is 1170. The van der Waals surface area contributed by atoms with E-state index in [-0.39, 0.29) is 10.8 Å². The number of nitrogens with one attached hydrogen (secondary N) is 2. The number of aryl methyl sites for hydroxylation is 1. The van der Waals surface area contributed by atoms with E-state index >= 15 is 0 Å². The van der Waals surface area contributed by atoms with Gasteiger partial charge in [-0.3, -0.25) is 4.79 Å². The summed E-state index contributed by atoms with van der Waals surface area (Å²) < 4.78 is 32.8. The first-order valence-corrected chi connectivity index (χ1v) is 12.3. The minimum atomic E-state index is -3.65. The molecule has 1 aliphatic heterocycles. The zero-order valence-corrected chi connectivity index (χ0v) is 18.9. The van der Waals surface area contributed by atoms with E-state index in [2.05, 4.69) is 15.3 Å². The quantitative estimate of drug-likeness (QED) is 0.548. The Kier molecular flexibility index (Phi) is 6.33. The van der Waals surface area contributed by atoms with E-state index in [0.29, 0.717) is 42.7 Å². The largest absolute Gasteiger partial charge is 0.379 e. The third-order valence-electron chi connectivity index (χ3n) is 5.07. The average Bonchev–Trinajstić information content (AvgIpc) is 3.17. The summed E-state index contributed by atoms with van der Waals surface area (Å²) in [6.07, 6.45) is 0.